The van der Waals surface area contributed by atoms with Gasteiger partial charge in [-0.1, -0.05) is 26.0 Å². The van der Waals surface area contributed by atoms with Crippen LogP contribution in [0.5, 0.6) is 0 Å². The minimum absolute atomic E-state index is 1.03. The molecule has 0 heteroatoms. The van der Waals surface area contributed by atoms with Crippen molar-refractivity contribution in [3.05, 3.63) is 48.2 Å². The second-order valence-corrected chi connectivity index (χ2v) is 3.05. The molecule has 0 N–H and O–H groups in total. The molecule has 0 aliphatic rings. The van der Waals surface area contributed by atoms with Crippen LogP contribution >= 0.6 is 0 Å². The lowest BCUT2D eigenvalue weighted by molar-refractivity contribution is 1.06. The van der Waals surface area contributed by atoms with Crippen LogP contribution in [0.25, 0.3) is 0 Å². The molecule has 1 rings (SSSR count). The van der Waals surface area contributed by atoms with Crippen LogP contribution in [-0.2, 0) is 12.8 Å². The average Bonchev–Trinajstić information content (AvgIpc) is 2.06. The summed E-state index contributed by atoms with van der Waals surface area (Å²) >= 11 is 0. The first-order valence-electron chi connectivity index (χ1n) is 4.49. The predicted molar refractivity (Wildman–Crippen MR) is 54.1 cm³/mol. The van der Waals surface area contributed by atoms with E-state index in [-0.39, 0.29) is 0 Å². The number of hydrogen-bond acceptors (Lipinski definition) is 0. The van der Waals surface area contributed by atoms with Gasteiger partial charge >= 0.3 is 0 Å². The zero-order chi connectivity index (χ0) is 9.14. The van der Waals surface area contributed by atoms with Gasteiger partial charge in [-0.15, -0.1) is 0 Å². The van der Waals surface area contributed by atoms with Crippen LogP contribution in [0.2, 0.25) is 0 Å². The zero-order valence-corrected chi connectivity index (χ0v) is 7.98. The lowest BCUT2D eigenvalue weighted by Gasteiger charge is -2.11. The second-order valence-electron chi connectivity index (χ2n) is 3.05. The van der Waals surface area contributed by atoms with Gasteiger partial charge in [0.2, 0.25) is 0 Å². The van der Waals surface area contributed by atoms with E-state index < -0.39 is 0 Å². The van der Waals surface area contributed by atoms with Gasteiger partial charge < -0.3 is 0 Å². The first-order chi connectivity index (χ1) is 5.70. The van der Waals surface area contributed by atoms with E-state index in [4.69, 9.17) is 0 Å². The van der Waals surface area contributed by atoms with Gasteiger partial charge in [-0.25, -0.2) is 0 Å². The number of aryl methyl sites for hydroxylation is 1. The highest BCUT2D eigenvalue weighted by molar-refractivity contribution is 5.44. The first-order valence-corrected chi connectivity index (χ1v) is 4.49. The Bertz CT molecular complexity index is 272. The lowest BCUT2D eigenvalue weighted by Crippen LogP contribution is -1.96. The van der Waals surface area contributed by atoms with Crippen LogP contribution in [-0.4, -0.2) is 0 Å². The number of rotatable bonds is 2. The summed E-state index contributed by atoms with van der Waals surface area (Å²) in [5.41, 5.74) is 4.97. The Morgan fingerprint density at radius 1 is 1.08 bits per heavy atom. The highest BCUT2D eigenvalue weighted by Crippen LogP contribution is 2.18. The van der Waals surface area contributed by atoms with E-state index in [0.29, 0.717) is 0 Å². The van der Waals surface area contributed by atoms with Crippen molar-refractivity contribution in [2.75, 3.05) is 0 Å². The summed E-state index contributed by atoms with van der Waals surface area (Å²) in [7, 11) is 0. The summed E-state index contributed by atoms with van der Waals surface area (Å²) in [6, 6.07) is 4.22. The third-order valence-electron chi connectivity index (χ3n) is 2.36. The molecule has 0 aliphatic carbocycles. The highest BCUT2D eigenvalue weighted by Gasteiger charge is 2.03. The summed E-state index contributed by atoms with van der Waals surface area (Å²) < 4.78 is 0. The SMILES string of the molecule is [CH2]c1ccc(CC)c([CH2])c1CC. The van der Waals surface area contributed by atoms with Gasteiger partial charge in [0.25, 0.3) is 0 Å². The summed E-state index contributed by atoms with van der Waals surface area (Å²) in [6.45, 7) is 12.4. The standard InChI is InChI=1S/C12H16/c1-5-11-8-7-9(3)12(6-2)10(11)4/h7-8H,3-6H2,1-2H3. The van der Waals surface area contributed by atoms with Crippen LogP contribution in [0, 0.1) is 13.8 Å². The molecule has 0 aliphatic heterocycles. The molecule has 12 heavy (non-hydrogen) atoms. The molecule has 0 heterocycles. The van der Waals surface area contributed by atoms with Crippen molar-refractivity contribution >= 4 is 0 Å². The Balaban J connectivity index is 3.24. The maximum Gasteiger partial charge on any atom is -0.0232 e. The van der Waals surface area contributed by atoms with Gasteiger partial charge in [-0.3, -0.25) is 0 Å². The maximum absolute atomic E-state index is 4.08. The van der Waals surface area contributed by atoms with Crippen molar-refractivity contribution in [1.82, 2.24) is 0 Å². The summed E-state index contributed by atoms with van der Waals surface area (Å²) in [4.78, 5) is 0. The largest absolute Gasteiger partial charge is 0.0613 e. The fraction of sp³-hybridized carbons (Fsp3) is 0.333. The Kier molecular flexibility index (Phi) is 2.91. The van der Waals surface area contributed by atoms with Crippen molar-refractivity contribution in [2.24, 2.45) is 0 Å². The molecule has 0 aromatic heterocycles. The van der Waals surface area contributed by atoms with Crippen LogP contribution in [0.3, 0.4) is 0 Å². The Labute approximate surface area is 75.6 Å². The van der Waals surface area contributed by atoms with Gasteiger partial charge in [0, 0.05) is 0 Å². The normalized spacial score (nSPS) is 10.3. The number of benzene rings is 1. The van der Waals surface area contributed by atoms with E-state index in [0.717, 1.165) is 18.4 Å². The van der Waals surface area contributed by atoms with Crippen LogP contribution in [0.4, 0.5) is 0 Å². The van der Waals surface area contributed by atoms with Gasteiger partial charge in [0.15, 0.2) is 0 Å². The Hall–Kier alpha value is -0.780. The van der Waals surface area contributed by atoms with E-state index in [9.17, 15) is 0 Å². The maximum atomic E-state index is 4.08. The van der Waals surface area contributed by atoms with Gasteiger partial charge in [-0.2, -0.15) is 0 Å². The first kappa shape index (κ1) is 9.31. The Morgan fingerprint density at radius 2 is 1.75 bits per heavy atom. The van der Waals surface area contributed by atoms with Crippen molar-refractivity contribution in [3.63, 3.8) is 0 Å². The molecule has 1 aromatic rings. The predicted octanol–water partition coefficient (Wildman–Crippen LogP) is 3.18. The van der Waals surface area contributed by atoms with Gasteiger partial charge in [0.1, 0.15) is 0 Å². The van der Waals surface area contributed by atoms with E-state index >= 15 is 0 Å². The monoisotopic (exact) mass is 160 g/mol. The highest BCUT2D eigenvalue weighted by atomic mass is 14.1. The molecular weight excluding hydrogens is 144 g/mol. The van der Waals surface area contributed by atoms with Gasteiger partial charge in [-0.05, 0) is 48.9 Å². The molecule has 0 nitrogen and oxygen atoms in total. The molecule has 0 fully saturated rings. The van der Waals surface area contributed by atoms with Crippen LogP contribution in [0.1, 0.15) is 36.1 Å². The van der Waals surface area contributed by atoms with Crippen molar-refractivity contribution < 1.29 is 0 Å². The molecule has 1 aromatic carbocycles. The smallest absolute Gasteiger partial charge is 0.0232 e. The van der Waals surface area contributed by atoms with E-state index in [1.54, 1.807) is 0 Å². The van der Waals surface area contributed by atoms with Crippen LogP contribution in [0.15, 0.2) is 12.1 Å². The van der Waals surface area contributed by atoms with E-state index in [1.807, 2.05) is 0 Å². The molecule has 2 radical (unpaired) electrons. The second kappa shape index (κ2) is 3.75. The zero-order valence-electron chi connectivity index (χ0n) is 7.98. The van der Waals surface area contributed by atoms with Crippen molar-refractivity contribution in [1.29, 1.82) is 0 Å². The molecule has 0 amide bonds. The van der Waals surface area contributed by atoms with Crippen molar-refractivity contribution in [3.8, 4) is 0 Å². The molecule has 0 saturated carbocycles. The summed E-state index contributed by atoms with van der Waals surface area (Å²) in [6.07, 6.45) is 2.09. The van der Waals surface area contributed by atoms with E-state index in [1.165, 1.54) is 16.7 Å². The number of hydrogen-bond donors (Lipinski definition) is 0. The molecule has 0 bridgehead atoms. The fourth-order valence-electron chi connectivity index (χ4n) is 1.56. The van der Waals surface area contributed by atoms with Gasteiger partial charge in [0.05, 0.1) is 0 Å². The Morgan fingerprint density at radius 3 is 2.25 bits per heavy atom. The topological polar surface area (TPSA) is 0 Å². The average molecular weight is 160 g/mol. The molecule has 0 spiro atoms. The van der Waals surface area contributed by atoms with Crippen molar-refractivity contribution in [2.45, 2.75) is 26.7 Å². The molecule has 0 atom stereocenters. The minimum atomic E-state index is 1.03. The fourth-order valence-corrected chi connectivity index (χ4v) is 1.56. The third kappa shape index (κ3) is 1.52. The molecular formula is C12H16. The summed E-state index contributed by atoms with van der Waals surface area (Å²) in [5.74, 6) is 0. The third-order valence-corrected chi connectivity index (χ3v) is 2.36. The lowest BCUT2D eigenvalue weighted by atomic mass is 9.95. The van der Waals surface area contributed by atoms with E-state index in [2.05, 4.69) is 39.8 Å². The molecule has 0 saturated heterocycles. The summed E-state index contributed by atoms with van der Waals surface area (Å²) in [5, 5.41) is 0. The molecule has 64 valence electrons. The molecule has 0 unspecified atom stereocenters. The minimum Gasteiger partial charge on any atom is -0.0613 e. The quantitative estimate of drug-likeness (QED) is 0.623. The van der Waals surface area contributed by atoms with Crippen LogP contribution < -0.4 is 0 Å².